The number of nitrogens with zero attached hydrogens (tertiary/aromatic N) is 1. The van der Waals surface area contributed by atoms with Gasteiger partial charge in [0.15, 0.2) is 0 Å². The Kier molecular flexibility index (Phi) is 3.78. The number of aromatic nitrogens is 1. The van der Waals surface area contributed by atoms with Gasteiger partial charge in [0.1, 0.15) is 5.76 Å². The average molecular weight is 284 g/mol. The summed E-state index contributed by atoms with van der Waals surface area (Å²) in [5.41, 5.74) is -0.536. The summed E-state index contributed by atoms with van der Waals surface area (Å²) in [4.78, 5) is 15.6. The van der Waals surface area contributed by atoms with E-state index in [1.54, 1.807) is 0 Å². The predicted octanol–water partition coefficient (Wildman–Crippen LogP) is 2.51. The maximum atomic E-state index is 12.6. The van der Waals surface area contributed by atoms with E-state index in [1.165, 1.54) is 24.5 Å². The van der Waals surface area contributed by atoms with Gasteiger partial charge in [-0.25, -0.2) is 0 Å². The predicted molar refractivity (Wildman–Crippen MR) is 65.0 cm³/mol. The van der Waals surface area contributed by atoms with Gasteiger partial charge < -0.3 is 10.4 Å². The lowest BCUT2D eigenvalue weighted by molar-refractivity contribution is -0.0949. The largest absolute Gasteiger partial charge is 0.510 e. The van der Waals surface area contributed by atoms with Crippen molar-refractivity contribution in [2.75, 3.05) is 0 Å². The molecule has 1 aliphatic carbocycles. The molecule has 1 heterocycles. The summed E-state index contributed by atoms with van der Waals surface area (Å²) in [5, 5.41) is 11.9. The van der Waals surface area contributed by atoms with Gasteiger partial charge in [-0.2, -0.15) is 13.2 Å². The Balaban J connectivity index is 2.10. The molecule has 1 aromatic heterocycles. The topological polar surface area (TPSA) is 62.2 Å². The molecule has 1 amide bonds. The van der Waals surface area contributed by atoms with Crippen LogP contribution in [-0.4, -0.2) is 28.2 Å². The number of pyridine rings is 1. The Morgan fingerprint density at radius 1 is 1.30 bits per heavy atom. The lowest BCUT2D eigenvalue weighted by Crippen LogP contribution is -2.39. The first-order chi connectivity index (χ1) is 9.38. The summed E-state index contributed by atoms with van der Waals surface area (Å²) < 4.78 is 37.8. The molecular weight excluding hydrogens is 273 g/mol. The van der Waals surface area contributed by atoms with Crippen LogP contribution < -0.4 is 5.32 Å². The van der Waals surface area contributed by atoms with Gasteiger partial charge in [0, 0.05) is 30.0 Å². The number of rotatable bonds is 2. The van der Waals surface area contributed by atoms with Gasteiger partial charge in [-0.05, 0) is 18.2 Å². The molecule has 1 atom stereocenters. The number of nitrogens with one attached hydrogen (secondary N) is 1. The van der Waals surface area contributed by atoms with Crippen LogP contribution in [0.1, 0.15) is 16.8 Å². The summed E-state index contributed by atoms with van der Waals surface area (Å²) in [6, 6.07) is 1.77. The van der Waals surface area contributed by atoms with Crippen LogP contribution in [-0.2, 0) is 0 Å². The third kappa shape index (κ3) is 3.17. The average Bonchev–Trinajstić information content (AvgIpc) is 2.41. The van der Waals surface area contributed by atoms with E-state index < -0.39 is 30.1 Å². The van der Waals surface area contributed by atoms with E-state index in [2.05, 4.69) is 10.3 Å². The molecule has 0 saturated heterocycles. The molecule has 0 bridgehead atoms. The molecule has 0 fully saturated rings. The van der Waals surface area contributed by atoms with E-state index in [1.807, 2.05) is 0 Å². The third-order valence-electron chi connectivity index (χ3n) is 2.85. The molecule has 1 aliphatic rings. The molecule has 2 rings (SSSR count). The van der Waals surface area contributed by atoms with Crippen molar-refractivity contribution >= 4 is 5.91 Å². The maximum Gasteiger partial charge on any atom is 0.412 e. The van der Waals surface area contributed by atoms with Crippen LogP contribution in [0.3, 0.4) is 0 Å². The van der Waals surface area contributed by atoms with E-state index >= 15 is 0 Å². The smallest absolute Gasteiger partial charge is 0.412 e. The van der Waals surface area contributed by atoms with Crippen molar-refractivity contribution < 1.29 is 23.1 Å². The minimum atomic E-state index is -4.48. The summed E-state index contributed by atoms with van der Waals surface area (Å²) in [6.45, 7) is 0. The van der Waals surface area contributed by atoms with Gasteiger partial charge in [-0.1, -0.05) is 6.08 Å². The Hall–Kier alpha value is -2.31. The second-order valence-electron chi connectivity index (χ2n) is 4.25. The first-order valence-electron chi connectivity index (χ1n) is 5.75. The zero-order chi connectivity index (χ0) is 14.8. The molecule has 7 heteroatoms. The van der Waals surface area contributed by atoms with E-state index in [-0.39, 0.29) is 11.3 Å². The summed E-state index contributed by atoms with van der Waals surface area (Å²) in [7, 11) is 0. The minimum Gasteiger partial charge on any atom is -0.510 e. The van der Waals surface area contributed by atoms with Crippen LogP contribution in [0.5, 0.6) is 0 Å². The second-order valence-corrected chi connectivity index (χ2v) is 4.25. The zero-order valence-electron chi connectivity index (χ0n) is 10.2. The number of alkyl halides is 3. The van der Waals surface area contributed by atoms with Crippen LogP contribution in [0.25, 0.3) is 0 Å². The van der Waals surface area contributed by atoms with Gasteiger partial charge >= 0.3 is 6.18 Å². The van der Waals surface area contributed by atoms with Crippen LogP contribution in [0, 0.1) is 0 Å². The molecule has 4 nitrogen and oxygen atoms in total. The summed E-state index contributed by atoms with van der Waals surface area (Å²) in [6.07, 6.45) is -0.424. The number of carbonyl (C=O) groups excluding carboxylic acids is 1. The van der Waals surface area contributed by atoms with Crippen molar-refractivity contribution in [3.05, 3.63) is 53.6 Å². The van der Waals surface area contributed by atoms with Gasteiger partial charge in [0.25, 0.3) is 5.91 Å². The maximum absolute atomic E-state index is 12.6. The molecule has 106 valence electrons. The quantitative estimate of drug-likeness (QED) is 0.877. The van der Waals surface area contributed by atoms with Crippen molar-refractivity contribution in [2.24, 2.45) is 0 Å². The molecule has 20 heavy (non-hydrogen) atoms. The molecule has 0 aromatic carbocycles. The fourth-order valence-electron chi connectivity index (χ4n) is 1.77. The lowest BCUT2D eigenvalue weighted by Gasteiger charge is -2.23. The number of hydrogen-bond acceptors (Lipinski definition) is 3. The van der Waals surface area contributed by atoms with Gasteiger partial charge in [0.05, 0.1) is 6.04 Å². The lowest BCUT2D eigenvalue weighted by atomic mass is 9.98. The van der Waals surface area contributed by atoms with Crippen molar-refractivity contribution in [3.8, 4) is 0 Å². The van der Waals surface area contributed by atoms with Gasteiger partial charge in [0.2, 0.25) is 0 Å². The highest BCUT2D eigenvalue weighted by molar-refractivity contribution is 5.94. The summed E-state index contributed by atoms with van der Waals surface area (Å²) in [5.74, 6) is -0.874. The highest BCUT2D eigenvalue weighted by Crippen LogP contribution is 2.32. The fourth-order valence-corrected chi connectivity index (χ4v) is 1.77. The van der Waals surface area contributed by atoms with Crippen molar-refractivity contribution in [1.29, 1.82) is 0 Å². The van der Waals surface area contributed by atoms with Crippen LogP contribution in [0.2, 0.25) is 0 Å². The molecule has 0 aliphatic heterocycles. The Morgan fingerprint density at radius 3 is 2.55 bits per heavy atom. The Morgan fingerprint density at radius 2 is 1.95 bits per heavy atom. The molecule has 0 radical (unpaired) electrons. The molecule has 0 spiro atoms. The summed E-state index contributed by atoms with van der Waals surface area (Å²) >= 11 is 0. The van der Waals surface area contributed by atoms with Crippen molar-refractivity contribution in [2.45, 2.75) is 18.6 Å². The number of aliphatic hydroxyl groups is 1. The standard InChI is InChI=1S/C13H11F3N2O2/c14-13(15,16)9-1-2-11(19)10(7-9)18-12(20)8-3-5-17-6-4-8/h1-6,10,19H,7H2,(H,18,20). The second kappa shape index (κ2) is 5.36. The number of allylic oxidation sites excluding steroid dienone is 2. The zero-order valence-corrected chi connectivity index (χ0v) is 10.2. The SMILES string of the molecule is O=C(NC1CC(C(F)(F)F)=CC=C1O)c1ccncc1. The molecule has 2 N–H and O–H groups in total. The van der Waals surface area contributed by atoms with Crippen LogP contribution in [0.15, 0.2) is 48.0 Å². The van der Waals surface area contributed by atoms with E-state index in [9.17, 15) is 23.1 Å². The first kappa shape index (κ1) is 14.1. The molecule has 1 aromatic rings. The number of aliphatic hydroxyl groups excluding tert-OH is 1. The van der Waals surface area contributed by atoms with E-state index in [0.717, 1.165) is 12.2 Å². The fraction of sp³-hybridized carbons (Fsp3) is 0.231. The van der Waals surface area contributed by atoms with E-state index in [4.69, 9.17) is 0 Å². The Bertz CT molecular complexity index is 565. The highest BCUT2D eigenvalue weighted by Gasteiger charge is 2.37. The monoisotopic (exact) mass is 284 g/mol. The van der Waals surface area contributed by atoms with Crippen LogP contribution >= 0.6 is 0 Å². The van der Waals surface area contributed by atoms with Gasteiger partial charge in [-0.15, -0.1) is 0 Å². The third-order valence-corrected chi connectivity index (χ3v) is 2.85. The normalized spacial score (nSPS) is 19.1. The highest BCUT2D eigenvalue weighted by atomic mass is 19.4. The Labute approximate surface area is 112 Å². The molecule has 0 saturated carbocycles. The van der Waals surface area contributed by atoms with Crippen LogP contribution in [0.4, 0.5) is 13.2 Å². The molecule has 1 unspecified atom stereocenters. The first-order valence-corrected chi connectivity index (χ1v) is 5.75. The van der Waals surface area contributed by atoms with E-state index in [0.29, 0.717) is 0 Å². The van der Waals surface area contributed by atoms with Crippen molar-refractivity contribution in [3.63, 3.8) is 0 Å². The molecular formula is C13H11F3N2O2. The number of amides is 1. The van der Waals surface area contributed by atoms with Crippen molar-refractivity contribution in [1.82, 2.24) is 10.3 Å². The van der Waals surface area contributed by atoms with Gasteiger partial charge in [-0.3, -0.25) is 9.78 Å². The minimum absolute atomic E-state index is 0.260. The number of carbonyl (C=O) groups is 1. The number of halogens is 3. The number of hydrogen-bond donors (Lipinski definition) is 2.